The van der Waals surface area contributed by atoms with Crippen molar-refractivity contribution in [1.29, 1.82) is 0 Å². The van der Waals surface area contributed by atoms with Gasteiger partial charge < -0.3 is 11.1 Å². The number of nitrogens with two attached hydrogens (primary N) is 1. The Labute approximate surface area is 131 Å². The van der Waals surface area contributed by atoms with Crippen LogP contribution >= 0.6 is 11.3 Å². The summed E-state index contributed by atoms with van der Waals surface area (Å²) in [6, 6.07) is 5.88. The van der Waals surface area contributed by atoms with Crippen LogP contribution in [0.25, 0.3) is 10.1 Å². The van der Waals surface area contributed by atoms with Crippen molar-refractivity contribution < 1.29 is 9.00 Å². The maximum Gasteiger partial charge on any atom is 0.263 e. The predicted molar refractivity (Wildman–Crippen MR) is 91.5 cm³/mol. The van der Waals surface area contributed by atoms with Gasteiger partial charge in [-0.3, -0.25) is 9.00 Å². The van der Waals surface area contributed by atoms with Gasteiger partial charge >= 0.3 is 0 Å². The second kappa shape index (κ2) is 6.58. The minimum absolute atomic E-state index is 0.0212. The Balaban J connectivity index is 2.18. The Morgan fingerprint density at radius 3 is 2.81 bits per heavy atom. The van der Waals surface area contributed by atoms with Crippen LogP contribution in [0, 0.1) is 6.92 Å². The van der Waals surface area contributed by atoms with E-state index >= 15 is 0 Å². The molecule has 1 aromatic carbocycles. The molecule has 0 spiro atoms. The summed E-state index contributed by atoms with van der Waals surface area (Å²) in [5, 5.41) is 3.87. The molecule has 2 atom stereocenters. The number of anilines is 1. The molecule has 1 heterocycles. The molecule has 0 aliphatic heterocycles. The fraction of sp³-hybridized carbons (Fsp3) is 0.400. The first-order chi connectivity index (χ1) is 9.90. The lowest BCUT2D eigenvalue weighted by Crippen LogP contribution is -2.33. The molecule has 4 nitrogen and oxygen atoms in total. The van der Waals surface area contributed by atoms with Crippen LogP contribution in [-0.4, -0.2) is 28.2 Å². The van der Waals surface area contributed by atoms with Gasteiger partial charge in [-0.2, -0.15) is 0 Å². The zero-order valence-electron chi connectivity index (χ0n) is 12.4. The van der Waals surface area contributed by atoms with Crippen LogP contribution in [0.5, 0.6) is 0 Å². The van der Waals surface area contributed by atoms with Gasteiger partial charge in [-0.25, -0.2) is 0 Å². The minimum atomic E-state index is -0.839. The monoisotopic (exact) mass is 324 g/mol. The number of rotatable bonds is 5. The summed E-state index contributed by atoms with van der Waals surface area (Å²) in [5.74, 6) is 0.435. The summed E-state index contributed by atoms with van der Waals surface area (Å²) in [6.07, 6.45) is 2.36. The average molecular weight is 324 g/mol. The van der Waals surface area contributed by atoms with Crippen LogP contribution in [0.1, 0.15) is 28.6 Å². The normalized spacial score (nSPS) is 14.0. The van der Waals surface area contributed by atoms with Crippen molar-refractivity contribution in [3.63, 3.8) is 0 Å². The first kappa shape index (κ1) is 16.0. The Bertz CT molecular complexity index is 694. The number of fused-ring (bicyclic) bond motifs is 1. The molecular weight excluding hydrogens is 304 g/mol. The van der Waals surface area contributed by atoms with Crippen LogP contribution in [0.15, 0.2) is 18.2 Å². The summed E-state index contributed by atoms with van der Waals surface area (Å²) in [4.78, 5) is 12.9. The summed E-state index contributed by atoms with van der Waals surface area (Å²) in [5.41, 5.74) is 7.77. The third kappa shape index (κ3) is 3.63. The average Bonchev–Trinajstić information content (AvgIpc) is 2.76. The number of carbonyl (C=O) groups excluding carboxylic acids is 1. The lowest BCUT2D eigenvalue weighted by Gasteiger charge is -2.12. The van der Waals surface area contributed by atoms with Gasteiger partial charge in [0.25, 0.3) is 5.91 Å². The quantitative estimate of drug-likeness (QED) is 0.888. The van der Waals surface area contributed by atoms with E-state index < -0.39 is 10.8 Å². The van der Waals surface area contributed by atoms with E-state index in [2.05, 4.69) is 5.32 Å². The fourth-order valence-electron chi connectivity index (χ4n) is 2.15. The highest BCUT2D eigenvalue weighted by molar-refractivity contribution is 7.84. The van der Waals surface area contributed by atoms with Crippen molar-refractivity contribution in [1.82, 2.24) is 5.32 Å². The number of carbonyl (C=O) groups is 1. The summed E-state index contributed by atoms with van der Waals surface area (Å²) in [7, 11) is -0.839. The van der Waals surface area contributed by atoms with Crippen molar-refractivity contribution in [2.24, 2.45) is 0 Å². The molecule has 1 amide bonds. The molecule has 21 heavy (non-hydrogen) atoms. The van der Waals surface area contributed by atoms with E-state index in [9.17, 15) is 9.00 Å². The van der Waals surface area contributed by atoms with Crippen molar-refractivity contribution in [2.75, 3.05) is 17.7 Å². The van der Waals surface area contributed by atoms with Crippen LogP contribution in [0.4, 0.5) is 5.69 Å². The number of hydrogen-bond acceptors (Lipinski definition) is 4. The van der Waals surface area contributed by atoms with Crippen LogP contribution < -0.4 is 11.1 Å². The van der Waals surface area contributed by atoms with E-state index in [0.717, 1.165) is 15.6 Å². The first-order valence-corrected chi connectivity index (χ1v) is 9.33. The van der Waals surface area contributed by atoms with Gasteiger partial charge in [0.15, 0.2) is 0 Å². The maximum absolute atomic E-state index is 12.3. The van der Waals surface area contributed by atoms with Gasteiger partial charge in [0.1, 0.15) is 4.88 Å². The van der Waals surface area contributed by atoms with Crippen LogP contribution in [0.2, 0.25) is 0 Å². The Kier molecular flexibility index (Phi) is 5.00. The molecule has 1 aromatic heterocycles. The number of benzene rings is 1. The van der Waals surface area contributed by atoms with Crippen molar-refractivity contribution in [3.8, 4) is 0 Å². The number of amides is 1. The third-order valence-electron chi connectivity index (χ3n) is 3.37. The second-order valence-electron chi connectivity index (χ2n) is 5.24. The number of nitrogens with one attached hydrogen (secondary N) is 1. The lowest BCUT2D eigenvalue weighted by atomic mass is 10.1. The first-order valence-electron chi connectivity index (χ1n) is 6.78. The van der Waals surface area contributed by atoms with Crippen LogP contribution in [-0.2, 0) is 10.8 Å². The summed E-state index contributed by atoms with van der Waals surface area (Å²) < 4.78 is 12.2. The fourth-order valence-corrected chi connectivity index (χ4v) is 3.93. The van der Waals surface area contributed by atoms with E-state index in [4.69, 9.17) is 5.73 Å². The number of hydrogen-bond donors (Lipinski definition) is 2. The minimum Gasteiger partial charge on any atom is -0.397 e. The molecule has 0 aliphatic carbocycles. The van der Waals surface area contributed by atoms with Gasteiger partial charge in [-0.1, -0.05) is 18.2 Å². The zero-order valence-corrected chi connectivity index (χ0v) is 14.1. The standard InChI is InChI=1S/C15H20N2O2S2/c1-9-5-4-6-11-12(16)14(20-13(9)11)15(18)17-10(2)7-8-21(3)19/h4-6,10H,7-8,16H2,1-3H3,(H,17,18). The summed E-state index contributed by atoms with van der Waals surface area (Å²) >= 11 is 1.43. The molecule has 0 bridgehead atoms. The van der Waals surface area contributed by atoms with Crippen LogP contribution in [0.3, 0.4) is 0 Å². The molecule has 0 saturated carbocycles. The zero-order chi connectivity index (χ0) is 15.6. The second-order valence-corrected chi connectivity index (χ2v) is 7.81. The van der Waals surface area contributed by atoms with E-state index in [1.807, 2.05) is 32.0 Å². The van der Waals surface area contributed by atoms with E-state index in [1.54, 1.807) is 6.26 Å². The highest BCUT2D eigenvalue weighted by atomic mass is 32.2. The van der Waals surface area contributed by atoms with Crippen molar-refractivity contribution in [2.45, 2.75) is 26.3 Å². The topological polar surface area (TPSA) is 72.2 Å². The molecule has 0 radical (unpaired) electrons. The van der Waals surface area contributed by atoms with Gasteiger partial charge in [0, 0.05) is 38.9 Å². The number of aryl methyl sites for hydroxylation is 1. The molecule has 3 N–H and O–H groups in total. The Hall–Kier alpha value is -1.40. The van der Waals surface area contributed by atoms with Crippen molar-refractivity contribution in [3.05, 3.63) is 28.6 Å². The molecule has 2 unspecified atom stereocenters. The molecule has 0 fully saturated rings. The van der Waals surface area contributed by atoms with Gasteiger partial charge in [-0.15, -0.1) is 11.3 Å². The third-order valence-corrected chi connectivity index (χ3v) is 5.54. The lowest BCUT2D eigenvalue weighted by molar-refractivity contribution is 0.0944. The molecule has 114 valence electrons. The predicted octanol–water partition coefficient (Wildman–Crippen LogP) is 2.68. The largest absolute Gasteiger partial charge is 0.397 e. The molecule has 2 rings (SSSR count). The van der Waals surface area contributed by atoms with Gasteiger partial charge in [0.2, 0.25) is 0 Å². The molecule has 0 saturated heterocycles. The van der Waals surface area contributed by atoms with Gasteiger partial charge in [0.05, 0.1) is 5.69 Å². The summed E-state index contributed by atoms with van der Waals surface area (Å²) in [6.45, 7) is 3.93. The van der Waals surface area contributed by atoms with E-state index in [1.165, 1.54) is 11.3 Å². The van der Waals surface area contributed by atoms with Crippen molar-refractivity contribution >= 4 is 43.8 Å². The number of thiophene rings is 1. The Morgan fingerprint density at radius 2 is 2.19 bits per heavy atom. The molecule has 0 aliphatic rings. The SMILES string of the molecule is Cc1cccc2c(N)c(C(=O)NC(C)CCS(C)=O)sc12. The van der Waals surface area contributed by atoms with E-state index in [-0.39, 0.29) is 11.9 Å². The van der Waals surface area contributed by atoms with Gasteiger partial charge in [-0.05, 0) is 25.8 Å². The molecule has 6 heteroatoms. The molecular formula is C15H20N2O2S2. The smallest absolute Gasteiger partial charge is 0.263 e. The number of nitrogen functional groups attached to an aromatic ring is 1. The molecule has 2 aromatic rings. The Morgan fingerprint density at radius 1 is 1.48 bits per heavy atom. The highest BCUT2D eigenvalue weighted by Gasteiger charge is 2.18. The maximum atomic E-state index is 12.3. The van der Waals surface area contributed by atoms with E-state index in [0.29, 0.717) is 22.7 Å². The highest BCUT2D eigenvalue weighted by Crippen LogP contribution is 2.35.